The summed E-state index contributed by atoms with van der Waals surface area (Å²) in [4.78, 5) is 26.5. The van der Waals surface area contributed by atoms with Crippen LogP contribution in [0.25, 0.3) is 10.9 Å². The molecule has 1 aliphatic heterocycles. The molecule has 1 saturated heterocycles. The number of likely N-dealkylation sites (N-methyl/N-ethyl adjacent to an activating group) is 1. The first-order chi connectivity index (χ1) is 21.4. The molecule has 228 valence electrons. The smallest absolute Gasteiger partial charge is 0.224 e. The molecule has 0 bridgehead atoms. The van der Waals surface area contributed by atoms with Crippen LogP contribution in [0, 0.1) is 11.3 Å². The number of ether oxygens (including phenoxy) is 2. The third-order valence-electron chi connectivity index (χ3n) is 7.44. The Morgan fingerprint density at radius 2 is 1.91 bits per heavy atom. The number of carbonyl (C=O) groups is 1. The summed E-state index contributed by atoms with van der Waals surface area (Å²) in [5, 5.41) is 17.4. The van der Waals surface area contributed by atoms with Crippen molar-refractivity contribution in [3.05, 3.63) is 77.2 Å². The predicted molar refractivity (Wildman–Crippen MR) is 173 cm³/mol. The monoisotopic (exact) mass is 613 g/mol. The van der Waals surface area contributed by atoms with Crippen molar-refractivity contribution in [2.75, 3.05) is 57.0 Å². The fraction of sp³-hybridized carbons (Fsp3) is 0.333. The molecule has 3 heterocycles. The van der Waals surface area contributed by atoms with Gasteiger partial charge in [0.15, 0.2) is 0 Å². The second-order valence-electron chi connectivity index (χ2n) is 10.6. The maximum atomic E-state index is 13.0. The number of fused-ring (bicyclic) bond motifs is 1. The number of amides is 1. The second kappa shape index (κ2) is 14.8. The van der Waals surface area contributed by atoms with E-state index in [0.717, 1.165) is 44.8 Å². The maximum absolute atomic E-state index is 13.0. The zero-order valence-electron chi connectivity index (χ0n) is 25.0. The van der Waals surface area contributed by atoms with E-state index in [1.165, 1.54) is 6.20 Å². The average molecular weight is 614 g/mol. The van der Waals surface area contributed by atoms with Gasteiger partial charge in [0.1, 0.15) is 24.2 Å². The first kappa shape index (κ1) is 31.0. The van der Waals surface area contributed by atoms with Crippen molar-refractivity contribution < 1.29 is 14.3 Å². The van der Waals surface area contributed by atoms with Crippen molar-refractivity contribution in [3.8, 4) is 17.6 Å². The van der Waals surface area contributed by atoms with E-state index in [4.69, 9.17) is 21.1 Å². The average Bonchev–Trinajstić information content (AvgIpc) is 3.03. The van der Waals surface area contributed by atoms with E-state index in [-0.39, 0.29) is 12.5 Å². The SMILES string of the molecule is CCOc1cc2ncc(C#N)c(Nc3ccc(OCc4ccccn4)c(Cl)c3)c2cc1NC(=O)CCCN1CCN(C)CC1. The van der Waals surface area contributed by atoms with Crippen LogP contribution in [0.4, 0.5) is 17.1 Å². The summed E-state index contributed by atoms with van der Waals surface area (Å²) in [7, 11) is 2.13. The van der Waals surface area contributed by atoms with Gasteiger partial charge in [-0.2, -0.15) is 5.26 Å². The van der Waals surface area contributed by atoms with E-state index in [0.29, 0.717) is 63.1 Å². The molecule has 0 radical (unpaired) electrons. The zero-order valence-corrected chi connectivity index (χ0v) is 25.7. The van der Waals surface area contributed by atoms with Gasteiger partial charge in [0.05, 0.1) is 39.8 Å². The highest BCUT2D eigenvalue weighted by Gasteiger charge is 2.17. The summed E-state index contributed by atoms with van der Waals surface area (Å²) in [5.41, 5.74) is 3.48. The van der Waals surface area contributed by atoms with Crippen LogP contribution >= 0.6 is 11.6 Å². The maximum Gasteiger partial charge on any atom is 0.224 e. The van der Waals surface area contributed by atoms with Gasteiger partial charge in [-0.1, -0.05) is 17.7 Å². The highest BCUT2D eigenvalue weighted by atomic mass is 35.5. The lowest BCUT2D eigenvalue weighted by Gasteiger charge is -2.32. The molecule has 0 spiro atoms. The molecule has 10 nitrogen and oxygen atoms in total. The molecule has 1 aliphatic rings. The number of nitrogens with one attached hydrogen (secondary N) is 2. The molecule has 2 aromatic heterocycles. The third kappa shape index (κ3) is 7.94. The summed E-state index contributed by atoms with van der Waals surface area (Å²) in [6, 6.07) is 16.8. The number of piperazine rings is 1. The zero-order chi connectivity index (χ0) is 30.9. The van der Waals surface area contributed by atoms with E-state index in [2.05, 4.69) is 43.5 Å². The minimum absolute atomic E-state index is 0.0913. The van der Waals surface area contributed by atoms with Crippen LogP contribution in [0.5, 0.6) is 11.5 Å². The lowest BCUT2D eigenvalue weighted by molar-refractivity contribution is -0.116. The van der Waals surface area contributed by atoms with Crippen LogP contribution in [-0.4, -0.2) is 72.1 Å². The van der Waals surface area contributed by atoms with Gasteiger partial charge >= 0.3 is 0 Å². The van der Waals surface area contributed by atoms with Gasteiger partial charge in [-0.05, 0) is 63.3 Å². The van der Waals surface area contributed by atoms with Gasteiger partial charge in [-0.25, -0.2) is 0 Å². The normalized spacial score (nSPS) is 13.8. The summed E-state index contributed by atoms with van der Waals surface area (Å²) in [6.07, 6.45) is 4.39. The van der Waals surface area contributed by atoms with Crippen LogP contribution in [-0.2, 0) is 11.4 Å². The number of hydrogen-bond acceptors (Lipinski definition) is 9. The van der Waals surface area contributed by atoms with Crippen LogP contribution in [0.1, 0.15) is 31.0 Å². The summed E-state index contributed by atoms with van der Waals surface area (Å²) in [5.74, 6) is 0.946. The molecular formula is C33H36ClN7O3. The summed E-state index contributed by atoms with van der Waals surface area (Å²) < 4.78 is 11.7. The Morgan fingerprint density at radius 3 is 2.64 bits per heavy atom. The van der Waals surface area contributed by atoms with E-state index in [9.17, 15) is 10.1 Å². The van der Waals surface area contributed by atoms with E-state index in [1.54, 1.807) is 30.5 Å². The number of anilines is 3. The van der Waals surface area contributed by atoms with Gasteiger partial charge in [-0.3, -0.25) is 14.8 Å². The Bertz CT molecular complexity index is 1640. The van der Waals surface area contributed by atoms with Gasteiger partial charge in [0.25, 0.3) is 0 Å². The van der Waals surface area contributed by atoms with E-state index in [1.807, 2.05) is 31.2 Å². The Hall–Kier alpha value is -4.43. The molecule has 2 aromatic carbocycles. The molecule has 0 unspecified atom stereocenters. The molecule has 2 N–H and O–H groups in total. The number of benzene rings is 2. The molecule has 5 rings (SSSR count). The van der Waals surface area contributed by atoms with Crippen molar-refractivity contribution in [3.63, 3.8) is 0 Å². The van der Waals surface area contributed by atoms with Crippen molar-refractivity contribution in [2.24, 2.45) is 0 Å². The Morgan fingerprint density at radius 1 is 1.07 bits per heavy atom. The highest BCUT2D eigenvalue weighted by Crippen LogP contribution is 2.37. The number of halogens is 1. The molecule has 0 atom stereocenters. The Balaban J connectivity index is 1.34. The third-order valence-corrected chi connectivity index (χ3v) is 7.74. The first-order valence-corrected chi connectivity index (χ1v) is 15.1. The van der Waals surface area contributed by atoms with Crippen LogP contribution in [0.3, 0.4) is 0 Å². The van der Waals surface area contributed by atoms with E-state index >= 15 is 0 Å². The van der Waals surface area contributed by atoms with Crippen molar-refractivity contribution in [1.82, 2.24) is 19.8 Å². The fourth-order valence-electron chi connectivity index (χ4n) is 5.03. The Labute approximate surface area is 262 Å². The number of hydrogen-bond donors (Lipinski definition) is 2. The van der Waals surface area contributed by atoms with Gasteiger partial charge in [0.2, 0.25) is 5.91 Å². The lowest BCUT2D eigenvalue weighted by atomic mass is 10.1. The number of rotatable bonds is 12. The van der Waals surface area contributed by atoms with Crippen molar-refractivity contribution in [1.29, 1.82) is 5.26 Å². The Kier molecular flexibility index (Phi) is 10.5. The van der Waals surface area contributed by atoms with Crippen LogP contribution in [0.15, 0.2) is 60.9 Å². The molecule has 4 aromatic rings. The van der Waals surface area contributed by atoms with Crippen LogP contribution < -0.4 is 20.1 Å². The fourth-order valence-corrected chi connectivity index (χ4v) is 5.27. The molecule has 0 saturated carbocycles. The molecule has 11 heteroatoms. The minimum Gasteiger partial charge on any atom is -0.492 e. The van der Waals surface area contributed by atoms with Crippen LogP contribution in [0.2, 0.25) is 5.02 Å². The van der Waals surface area contributed by atoms with Gasteiger partial charge in [0, 0.05) is 62.1 Å². The summed E-state index contributed by atoms with van der Waals surface area (Å²) in [6.45, 7) is 7.62. The number of nitriles is 1. The number of nitrogens with zero attached hydrogens (tertiary/aromatic N) is 5. The largest absolute Gasteiger partial charge is 0.492 e. The summed E-state index contributed by atoms with van der Waals surface area (Å²) >= 11 is 6.56. The molecule has 1 fully saturated rings. The minimum atomic E-state index is -0.0913. The molecule has 1 amide bonds. The first-order valence-electron chi connectivity index (χ1n) is 14.7. The van der Waals surface area contributed by atoms with E-state index < -0.39 is 0 Å². The van der Waals surface area contributed by atoms with Gasteiger partial charge < -0.3 is 29.9 Å². The number of pyridine rings is 2. The second-order valence-corrected chi connectivity index (χ2v) is 11.0. The molecular weight excluding hydrogens is 578 g/mol. The van der Waals surface area contributed by atoms with Crippen molar-refractivity contribution in [2.45, 2.75) is 26.4 Å². The lowest BCUT2D eigenvalue weighted by Crippen LogP contribution is -2.44. The molecule has 0 aliphatic carbocycles. The van der Waals surface area contributed by atoms with Crippen molar-refractivity contribution >= 4 is 45.5 Å². The molecule has 44 heavy (non-hydrogen) atoms. The standard InChI is InChI=1S/C33H36ClN7O3/c1-3-43-31-19-28-26(18-29(31)39-32(42)8-6-12-41-15-13-40(2)14-16-41)33(23(20-35)21-37-28)38-24-9-10-30(27(34)17-24)44-22-25-7-4-5-11-36-25/h4-5,7,9-11,17-19,21H,3,6,8,12-16,22H2,1-2H3,(H,37,38)(H,39,42). The number of aromatic nitrogens is 2. The topological polar surface area (TPSA) is 116 Å². The van der Waals surface area contributed by atoms with Gasteiger partial charge in [-0.15, -0.1) is 0 Å². The quantitative estimate of drug-likeness (QED) is 0.203. The number of carbonyl (C=O) groups excluding carboxylic acids is 1. The predicted octanol–water partition coefficient (Wildman–Crippen LogP) is 5.84. The highest BCUT2D eigenvalue weighted by molar-refractivity contribution is 6.32.